The molecule has 1 saturated heterocycles. The zero-order chi connectivity index (χ0) is 22.8. The number of rotatable bonds is 14. The maximum absolute atomic E-state index is 14.0. The number of carbonyl (C=O) groups excluding carboxylic acids is 1. The van der Waals surface area contributed by atoms with E-state index in [1.165, 1.54) is 12.8 Å². The highest BCUT2D eigenvalue weighted by Gasteiger charge is 2.41. The Hall–Kier alpha value is -0.460. The third-order valence-electron chi connectivity index (χ3n) is 5.72. The summed E-state index contributed by atoms with van der Waals surface area (Å²) < 4.78 is 29.6. The average Bonchev–Trinajstić information content (AvgIpc) is 2.71. The van der Waals surface area contributed by atoms with E-state index in [4.69, 9.17) is 9.26 Å². The molecular formula is C22H46N3O4P. The molecule has 30 heavy (non-hydrogen) atoms. The van der Waals surface area contributed by atoms with Crippen molar-refractivity contribution in [1.29, 1.82) is 0 Å². The Balaban J connectivity index is 2.81. The molecule has 2 atom stereocenters. The molecular weight excluding hydrogens is 401 g/mol. The van der Waals surface area contributed by atoms with Gasteiger partial charge in [0.25, 0.3) is 5.91 Å². The summed E-state index contributed by atoms with van der Waals surface area (Å²) in [6.07, 6.45) is 7.55. The molecule has 0 spiro atoms. The van der Waals surface area contributed by atoms with Gasteiger partial charge in [0.2, 0.25) is 0 Å². The molecule has 1 aliphatic rings. The third kappa shape index (κ3) is 7.90. The van der Waals surface area contributed by atoms with Gasteiger partial charge < -0.3 is 14.2 Å². The van der Waals surface area contributed by atoms with Gasteiger partial charge in [-0.2, -0.15) is 0 Å². The van der Waals surface area contributed by atoms with Gasteiger partial charge >= 0.3 is 7.67 Å². The van der Waals surface area contributed by atoms with Crippen molar-refractivity contribution < 1.29 is 18.6 Å². The van der Waals surface area contributed by atoms with Gasteiger partial charge in [-0.3, -0.25) is 9.36 Å². The summed E-state index contributed by atoms with van der Waals surface area (Å²) in [5, 5.41) is 0. The predicted octanol–water partition coefficient (Wildman–Crippen LogP) is 4.77. The summed E-state index contributed by atoms with van der Waals surface area (Å²) in [5.41, 5.74) is -0.830. The topological polar surface area (TPSA) is 62.3 Å². The maximum Gasteiger partial charge on any atom is 0.345 e. The van der Waals surface area contributed by atoms with Crippen LogP contribution in [0.5, 0.6) is 0 Å². The highest BCUT2D eigenvalue weighted by Crippen LogP contribution is 2.54. The van der Waals surface area contributed by atoms with Gasteiger partial charge in [-0.25, -0.2) is 9.34 Å². The summed E-state index contributed by atoms with van der Waals surface area (Å²) in [6, 6.07) is 0. The minimum atomic E-state index is -3.12. The fourth-order valence-corrected chi connectivity index (χ4v) is 5.98. The van der Waals surface area contributed by atoms with Crippen LogP contribution in [0, 0.1) is 0 Å². The average molecular weight is 448 g/mol. The molecule has 0 bridgehead atoms. The molecule has 7 nitrogen and oxygen atoms in total. The Bertz CT molecular complexity index is 549. The smallest absolute Gasteiger partial charge is 0.345 e. The lowest BCUT2D eigenvalue weighted by molar-refractivity contribution is -0.155. The second-order valence-corrected chi connectivity index (χ2v) is 11.5. The number of nitrogens with zero attached hydrogens (tertiary/aromatic N) is 3. The van der Waals surface area contributed by atoms with Crippen molar-refractivity contribution in [3.05, 3.63) is 0 Å². The summed E-state index contributed by atoms with van der Waals surface area (Å²) in [7, 11) is 0.541. The first-order valence-corrected chi connectivity index (χ1v) is 13.3. The number of hydrogen-bond donors (Lipinski definition) is 0. The molecule has 8 heteroatoms. The standard InChI is InChI=1S/C22H46N3O4P/c1-8-11-13-15-20(14-12-9-2)29-30(27,23(6)7)25-18-16-24(17-19-25)21(26)22(4,5)28-10-3/h20H,8-19H2,1-7H3. The van der Waals surface area contributed by atoms with Crippen LogP contribution in [-0.2, 0) is 18.6 Å². The van der Waals surface area contributed by atoms with Crippen LogP contribution in [0.25, 0.3) is 0 Å². The summed E-state index contributed by atoms with van der Waals surface area (Å²) >= 11 is 0. The second kappa shape index (κ2) is 13.2. The normalized spacial score (nSPS) is 19.1. The quantitative estimate of drug-likeness (QED) is 0.282. The van der Waals surface area contributed by atoms with Crippen molar-refractivity contribution in [2.45, 2.75) is 91.3 Å². The first-order valence-electron chi connectivity index (χ1n) is 11.8. The van der Waals surface area contributed by atoms with Crippen LogP contribution in [0.15, 0.2) is 0 Å². The number of ether oxygens (including phenoxy) is 1. The molecule has 2 unspecified atom stereocenters. The Morgan fingerprint density at radius 3 is 2.07 bits per heavy atom. The van der Waals surface area contributed by atoms with E-state index >= 15 is 0 Å². The van der Waals surface area contributed by atoms with E-state index in [9.17, 15) is 9.36 Å². The van der Waals surface area contributed by atoms with Gasteiger partial charge in [-0.1, -0.05) is 46.0 Å². The van der Waals surface area contributed by atoms with Gasteiger partial charge in [0, 0.05) is 32.8 Å². The van der Waals surface area contributed by atoms with E-state index in [0.29, 0.717) is 32.8 Å². The van der Waals surface area contributed by atoms with E-state index in [0.717, 1.165) is 32.1 Å². The molecule has 1 heterocycles. The molecule has 1 fully saturated rings. The lowest BCUT2D eigenvalue weighted by atomic mass is 10.1. The Morgan fingerprint density at radius 1 is 1.00 bits per heavy atom. The Labute approximate surface area is 185 Å². The molecule has 0 saturated carbocycles. The lowest BCUT2D eigenvalue weighted by Crippen LogP contribution is -2.54. The number of amides is 1. The minimum Gasteiger partial charge on any atom is -0.366 e. The monoisotopic (exact) mass is 447 g/mol. The maximum atomic E-state index is 14.0. The molecule has 0 radical (unpaired) electrons. The molecule has 1 amide bonds. The SMILES string of the molecule is CCCCCC(CCCC)OP(=O)(N(C)C)N1CCN(C(=O)C(C)(C)OCC)CC1. The number of hydrogen-bond acceptors (Lipinski definition) is 4. The highest BCUT2D eigenvalue weighted by molar-refractivity contribution is 7.53. The molecule has 0 aromatic carbocycles. The first kappa shape index (κ1) is 27.6. The van der Waals surface area contributed by atoms with E-state index in [1.807, 2.05) is 44.4 Å². The van der Waals surface area contributed by atoms with Crippen molar-refractivity contribution in [3.8, 4) is 0 Å². The van der Waals surface area contributed by atoms with Crippen molar-refractivity contribution in [3.63, 3.8) is 0 Å². The third-order valence-corrected chi connectivity index (χ3v) is 8.42. The molecule has 0 N–H and O–H groups in total. The van der Waals surface area contributed by atoms with Crippen molar-refractivity contribution in [2.24, 2.45) is 0 Å². The Morgan fingerprint density at radius 2 is 1.57 bits per heavy atom. The van der Waals surface area contributed by atoms with Crippen LogP contribution >= 0.6 is 7.67 Å². The predicted molar refractivity (Wildman–Crippen MR) is 124 cm³/mol. The lowest BCUT2D eigenvalue weighted by Gasteiger charge is -2.43. The van der Waals surface area contributed by atoms with Crippen LogP contribution in [0.3, 0.4) is 0 Å². The summed E-state index contributed by atoms with van der Waals surface area (Å²) in [5.74, 6) is -0.00927. The summed E-state index contributed by atoms with van der Waals surface area (Å²) in [6.45, 7) is 12.5. The van der Waals surface area contributed by atoms with E-state index in [1.54, 1.807) is 4.67 Å². The van der Waals surface area contributed by atoms with Crippen LogP contribution in [-0.4, -0.2) is 78.7 Å². The zero-order valence-corrected chi connectivity index (χ0v) is 21.4. The van der Waals surface area contributed by atoms with Crippen molar-refractivity contribution in [1.82, 2.24) is 14.2 Å². The van der Waals surface area contributed by atoms with Gasteiger partial charge in [0.05, 0.1) is 6.10 Å². The number of carbonyl (C=O) groups is 1. The van der Waals surface area contributed by atoms with E-state index < -0.39 is 13.3 Å². The molecule has 0 aromatic heterocycles. The molecule has 0 aromatic rings. The number of unbranched alkanes of at least 4 members (excludes halogenated alkanes) is 3. The van der Waals surface area contributed by atoms with E-state index in [2.05, 4.69) is 13.8 Å². The minimum absolute atomic E-state index is 0.00927. The van der Waals surface area contributed by atoms with Crippen LogP contribution < -0.4 is 0 Å². The fourth-order valence-electron chi connectivity index (χ4n) is 3.87. The number of piperazine rings is 1. The molecule has 1 aliphatic heterocycles. The molecule has 178 valence electrons. The highest BCUT2D eigenvalue weighted by atomic mass is 31.2. The zero-order valence-electron chi connectivity index (χ0n) is 20.5. The van der Waals surface area contributed by atoms with Crippen LogP contribution in [0.1, 0.15) is 79.6 Å². The largest absolute Gasteiger partial charge is 0.366 e. The van der Waals surface area contributed by atoms with Crippen molar-refractivity contribution in [2.75, 3.05) is 46.9 Å². The molecule has 0 aliphatic carbocycles. The van der Waals surface area contributed by atoms with Gasteiger partial charge in [0.15, 0.2) is 0 Å². The Kier molecular flexibility index (Phi) is 12.1. The van der Waals surface area contributed by atoms with Crippen LogP contribution in [0.2, 0.25) is 0 Å². The van der Waals surface area contributed by atoms with Crippen LogP contribution in [0.4, 0.5) is 0 Å². The van der Waals surface area contributed by atoms with Gasteiger partial charge in [-0.15, -0.1) is 0 Å². The first-order chi connectivity index (χ1) is 14.1. The summed E-state index contributed by atoms with van der Waals surface area (Å²) in [4.78, 5) is 14.6. The van der Waals surface area contributed by atoms with E-state index in [-0.39, 0.29) is 12.0 Å². The van der Waals surface area contributed by atoms with Gasteiger partial charge in [-0.05, 0) is 47.7 Å². The fraction of sp³-hybridized carbons (Fsp3) is 0.955. The second-order valence-electron chi connectivity index (χ2n) is 8.89. The van der Waals surface area contributed by atoms with Crippen molar-refractivity contribution >= 4 is 13.6 Å². The molecule has 1 rings (SSSR count). The van der Waals surface area contributed by atoms with Gasteiger partial charge in [0.1, 0.15) is 5.60 Å².